The minimum atomic E-state index is 0. The molecule has 0 fully saturated rings. The van der Waals surface area contributed by atoms with Gasteiger partial charge in [-0.25, -0.2) is 0 Å². The van der Waals surface area contributed by atoms with Gasteiger partial charge < -0.3 is 9.82 Å². The zero-order chi connectivity index (χ0) is 6.53. The van der Waals surface area contributed by atoms with E-state index in [1.54, 1.807) is 12.4 Å². The number of rotatable bonds is 2. The Hall–Kier alpha value is -0.718. The molecule has 0 aliphatic rings. The molecule has 0 aromatic carbocycles. The van der Waals surface area contributed by atoms with E-state index in [1.807, 2.05) is 12.1 Å². The van der Waals surface area contributed by atoms with Crippen molar-refractivity contribution >= 4 is 6.21 Å². The summed E-state index contributed by atoms with van der Waals surface area (Å²) in [5.41, 5.74) is 0.817. The van der Waals surface area contributed by atoms with Crippen molar-refractivity contribution < 1.29 is 22.2 Å². The largest absolute Gasteiger partial charge is 0.663 e. The summed E-state index contributed by atoms with van der Waals surface area (Å²) in [4.78, 5) is 8.37. The fraction of sp³-hybridized carbons (Fsp3) is 0.167. The van der Waals surface area contributed by atoms with E-state index < -0.39 is 0 Å². The van der Waals surface area contributed by atoms with E-state index >= 15 is 0 Å². The van der Waals surface area contributed by atoms with Gasteiger partial charge in [-0.05, 0) is 0 Å². The fourth-order valence-electron chi connectivity index (χ4n) is 0.497. The standard InChI is InChI=1S/C6H7N2O.Cr/c1-9-8-5-6-3-2-4-7-6;/h2-5H,1H3;/q-1;/b8-5+;. The van der Waals surface area contributed by atoms with E-state index in [9.17, 15) is 0 Å². The van der Waals surface area contributed by atoms with Crippen LogP contribution in [0.2, 0.25) is 0 Å². The normalized spacial score (nSPS) is 9.30. The number of nitrogens with zero attached hydrogens (tertiary/aromatic N) is 2. The molecular weight excluding hydrogens is 168 g/mol. The molecule has 54 valence electrons. The Kier molecular flexibility index (Phi) is 4.73. The van der Waals surface area contributed by atoms with Gasteiger partial charge in [-0.1, -0.05) is 17.3 Å². The summed E-state index contributed by atoms with van der Waals surface area (Å²) < 4.78 is 0. The van der Waals surface area contributed by atoms with Crippen LogP contribution in [0.1, 0.15) is 5.69 Å². The molecule has 1 aromatic heterocycles. The predicted molar refractivity (Wildman–Crippen MR) is 34.4 cm³/mol. The van der Waals surface area contributed by atoms with Crippen LogP contribution in [-0.4, -0.2) is 13.3 Å². The SMILES string of the molecule is CO/N=C/c1ccc[n-]1.[Cr]. The Balaban J connectivity index is 0.000000810. The Labute approximate surface area is 70.2 Å². The quantitative estimate of drug-likeness (QED) is 0.488. The molecule has 0 bridgehead atoms. The van der Waals surface area contributed by atoms with Crippen molar-refractivity contribution in [3.05, 3.63) is 24.0 Å². The topological polar surface area (TPSA) is 35.7 Å². The molecule has 0 N–H and O–H groups in total. The second-order valence-corrected chi connectivity index (χ2v) is 1.48. The Morgan fingerprint density at radius 2 is 2.50 bits per heavy atom. The van der Waals surface area contributed by atoms with Crippen LogP contribution >= 0.6 is 0 Å². The molecule has 4 heteroatoms. The van der Waals surface area contributed by atoms with E-state index in [0.717, 1.165) is 5.69 Å². The van der Waals surface area contributed by atoms with Crippen molar-refractivity contribution in [3.63, 3.8) is 0 Å². The molecule has 0 unspecified atom stereocenters. The van der Waals surface area contributed by atoms with Gasteiger partial charge in [0.2, 0.25) is 0 Å². The predicted octanol–water partition coefficient (Wildman–Crippen LogP) is 0.622. The maximum Gasteiger partial charge on any atom is 0.106 e. The molecule has 0 saturated heterocycles. The van der Waals surface area contributed by atoms with Gasteiger partial charge in [0, 0.05) is 17.4 Å². The zero-order valence-corrected chi connectivity index (χ0v) is 6.80. The third-order valence-electron chi connectivity index (χ3n) is 0.867. The van der Waals surface area contributed by atoms with Gasteiger partial charge in [0.15, 0.2) is 0 Å². The van der Waals surface area contributed by atoms with Crippen LogP contribution in [0.4, 0.5) is 0 Å². The Morgan fingerprint density at radius 1 is 1.70 bits per heavy atom. The van der Waals surface area contributed by atoms with E-state index in [4.69, 9.17) is 0 Å². The third kappa shape index (κ3) is 2.72. The molecule has 1 aromatic rings. The molecule has 0 aliphatic heterocycles. The Bertz CT molecular complexity index is 184. The van der Waals surface area contributed by atoms with Crippen LogP contribution in [0.15, 0.2) is 23.5 Å². The summed E-state index contributed by atoms with van der Waals surface area (Å²) in [5, 5.41) is 3.53. The zero-order valence-electron chi connectivity index (χ0n) is 5.52. The average Bonchev–Trinajstić information content (AvgIpc) is 2.34. The molecule has 0 amide bonds. The molecule has 10 heavy (non-hydrogen) atoms. The van der Waals surface area contributed by atoms with Crippen LogP contribution < -0.4 is 4.98 Å². The number of aromatic nitrogens is 1. The first-order valence-corrected chi connectivity index (χ1v) is 2.57. The molecule has 0 radical (unpaired) electrons. The summed E-state index contributed by atoms with van der Waals surface area (Å²) in [6.07, 6.45) is 3.26. The molecule has 0 saturated carbocycles. The minimum Gasteiger partial charge on any atom is -0.663 e. The van der Waals surface area contributed by atoms with Gasteiger partial charge in [-0.15, -0.1) is 5.69 Å². The number of hydrogen-bond donors (Lipinski definition) is 0. The smallest absolute Gasteiger partial charge is 0.106 e. The average molecular weight is 175 g/mol. The van der Waals surface area contributed by atoms with Crippen LogP contribution in [0, 0.1) is 0 Å². The van der Waals surface area contributed by atoms with Crippen molar-refractivity contribution in [2.75, 3.05) is 7.11 Å². The van der Waals surface area contributed by atoms with Gasteiger partial charge in [0.1, 0.15) is 7.11 Å². The van der Waals surface area contributed by atoms with Crippen LogP contribution in [0.3, 0.4) is 0 Å². The number of hydrogen-bond acceptors (Lipinski definition) is 2. The van der Waals surface area contributed by atoms with Crippen molar-refractivity contribution in [3.8, 4) is 0 Å². The van der Waals surface area contributed by atoms with Crippen molar-refractivity contribution in [1.29, 1.82) is 0 Å². The van der Waals surface area contributed by atoms with Crippen molar-refractivity contribution in [2.24, 2.45) is 5.16 Å². The number of oxime groups is 1. The molecule has 0 spiro atoms. The van der Waals surface area contributed by atoms with Crippen LogP contribution in [0.5, 0.6) is 0 Å². The molecule has 1 rings (SSSR count). The van der Waals surface area contributed by atoms with Gasteiger partial charge in [0.25, 0.3) is 0 Å². The van der Waals surface area contributed by atoms with Gasteiger partial charge in [-0.2, -0.15) is 6.20 Å². The minimum absolute atomic E-state index is 0. The first-order valence-electron chi connectivity index (χ1n) is 2.57. The fourth-order valence-corrected chi connectivity index (χ4v) is 0.497. The van der Waals surface area contributed by atoms with Gasteiger partial charge in [-0.3, -0.25) is 0 Å². The van der Waals surface area contributed by atoms with E-state index in [1.165, 1.54) is 7.11 Å². The first kappa shape index (κ1) is 9.28. The van der Waals surface area contributed by atoms with Gasteiger partial charge >= 0.3 is 0 Å². The van der Waals surface area contributed by atoms with E-state index in [-0.39, 0.29) is 17.4 Å². The summed E-state index contributed by atoms with van der Waals surface area (Å²) in [6.45, 7) is 0. The van der Waals surface area contributed by atoms with Gasteiger partial charge in [0.05, 0.1) is 6.21 Å². The second kappa shape index (κ2) is 5.10. The summed E-state index contributed by atoms with van der Waals surface area (Å²) in [6, 6.07) is 3.69. The molecular formula is C6H7CrN2O-. The molecule has 0 atom stereocenters. The summed E-state index contributed by atoms with van der Waals surface area (Å²) in [5.74, 6) is 0. The second-order valence-electron chi connectivity index (χ2n) is 1.48. The van der Waals surface area contributed by atoms with Crippen LogP contribution in [-0.2, 0) is 22.2 Å². The summed E-state index contributed by atoms with van der Waals surface area (Å²) in [7, 11) is 1.50. The van der Waals surface area contributed by atoms with Crippen LogP contribution in [0.25, 0.3) is 0 Å². The molecule has 0 aliphatic carbocycles. The maximum absolute atomic E-state index is 4.44. The monoisotopic (exact) mass is 175 g/mol. The Morgan fingerprint density at radius 3 is 3.00 bits per heavy atom. The molecule has 1 heterocycles. The summed E-state index contributed by atoms with van der Waals surface area (Å²) >= 11 is 0. The first-order chi connectivity index (χ1) is 4.43. The van der Waals surface area contributed by atoms with Crippen molar-refractivity contribution in [1.82, 2.24) is 4.98 Å². The van der Waals surface area contributed by atoms with E-state index in [2.05, 4.69) is 15.0 Å². The maximum atomic E-state index is 4.44. The van der Waals surface area contributed by atoms with Crippen molar-refractivity contribution in [2.45, 2.75) is 0 Å². The van der Waals surface area contributed by atoms with E-state index in [0.29, 0.717) is 0 Å². The molecule has 3 nitrogen and oxygen atoms in total. The third-order valence-corrected chi connectivity index (χ3v) is 0.867.